The zero-order valence-electron chi connectivity index (χ0n) is 17.1. The van der Waals surface area contributed by atoms with Crippen LogP contribution in [0.5, 0.6) is 0 Å². The molecular weight excluding hydrogens is 360 g/mol. The molecular formula is C24H32N4O. The molecule has 3 unspecified atom stereocenters. The van der Waals surface area contributed by atoms with E-state index in [9.17, 15) is 0 Å². The van der Waals surface area contributed by atoms with Gasteiger partial charge in [0.05, 0.1) is 5.41 Å². The van der Waals surface area contributed by atoms with Gasteiger partial charge >= 0.3 is 0 Å². The predicted octanol–water partition coefficient (Wildman–Crippen LogP) is 3.80. The van der Waals surface area contributed by atoms with Crippen molar-refractivity contribution in [2.24, 2.45) is 11.7 Å². The molecule has 0 aliphatic heterocycles. The number of fused-ring (bicyclic) bond motifs is 2. The SMILES string of the molecule is NC1CCC2(c3nc(C4(CN[C@@H]5C[C@H]5c5ccccc5)CC4)no3)CCCC1C2. The fourth-order valence-corrected chi connectivity index (χ4v) is 6.08. The second-order valence-electron chi connectivity index (χ2n) is 10.3. The van der Waals surface area contributed by atoms with Gasteiger partial charge in [0.25, 0.3) is 0 Å². The Bertz CT molecular complexity index is 876. The minimum absolute atomic E-state index is 0.0986. The number of benzene rings is 1. The molecule has 2 aromatic rings. The van der Waals surface area contributed by atoms with Crippen molar-refractivity contribution < 1.29 is 4.52 Å². The monoisotopic (exact) mass is 392 g/mol. The maximum absolute atomic E-state index is 6.36. The number of nitrogens with one attached hydrogen (secondary N) is 1. The van der Waals surface area contributed by atoms with E-state index in [0.29, 0.717) is 23.9 Å². The van der Waals surface area contributed by atoms with E-state index in [1.165, 1.54) is 44.1 Å². The average molecular weight is 393 g/mol. The zero-order chi connectivity index (χ0) is 19.5. The lowest BCUT2D eigenvalue weighted by molar-refractivity contribution is 0.0984. The van der Waals surface area contributed by atoms with Crippen LogP contribution >= 0.6 is 0 Å². The Morgan fingerprint density at radius 2 is 1.97 bits per heavy atom. The lowest BCUT2D eigenvalue weighted by atomic mass is 9.60. The van der Waals surface area contributed by atoms with E-state index in [-0.39, 0.29) is 10.8 Å². The highest BCUT2D eigenvalue weighted by atomic mass is 16.5. The molecule has 5 atom stereocenters. The Balaban J connectivity index is 1.13. The molecule has 6 rings (SSSR count). The van der Waals surface area contributed by atoms with E-state index in [1.54, 1.807) is 0 Å². The highest BCUT2D eigenvalue weighted by Crippen LogP contribution is 2.52. The molecule has 0 spiro atoms. The molecule has 0 radical (unpaired) electrons. The van der Waals surface area contributed by atoms with Crippen molar-refractivity contribution in [1.29, 1.82) is 0 Å². The van der Waals surface area contributed by atoms with Crippen LogP contribution < -0.4 is 11.1 Å². The van der Waals surface area contributed by atoms with Gasteiger partial charge in [0.1, 0.15) is 0 Å². The minimum Gasteiger partial charge on any atom is -0.339 e. The fourth-order valence-electron chi connectivity index (χ4n) is 6.08. The van der Waals surface area contributed by atoms with E-state index >= 15 is 0 Å². The van der Waals surface area contributed by atoms with Crippen LogP contribution in [0.2, 0.25) is 0 Å². The number of aromatic nitrogens is 2. The van der Waals surface area contributed by atoms with Crippen molar-refractivity contribution >= 4 is 0 Å². The third-order valence-corrected chi connectivity index (χ3v) is 8.37. The first-order valence-corrected chi connectivity index (χ1v) is 11.6. The highest BCUT2D eigenvalue weighted by Gasteiger charge is 2.52. The van der Waals surface area contributed by atoms with Gasteiger partial charge in [-0.15, -0.1) is 0 Å². The number of hydrogen-bond donors (Lipinski definition) is 2. The lowest BCUT2D eigenvalue weighted by Gasteiger charge is -2.45. The summed E-state index contributed by atoms with van der Waals surface area (Å²) < 4.78 is 5.93. The summed E-state index contributed by atoms with van der Waals surface area (Å²) >= 11 is 0. The second kappa shape index (κ2) is 6.64. The van der Waals surface area contributed by atoms with E-state index in [4.69, 9.17) is 15.2 Å². The van der Waals surface area contributed by atoms with E-state index < -0.39 is 0 Å². The number of hydrogen-bond acceptors (Lipinski definition) is 5. The average Bonchev–Trinajstić information content (AvgIpc) is 3.67. The third-order valence-electron chi connectivity index (χ3n) is 8.37. The maximum Gasteiger partial charge on any atom is 0.232 e. The Hall–Kier alpha value is -1.72. The van der Waals surface area contributed by atoms with Crippen LogP contribution in [0.4, 0.5) is 0 Å². The van der Waals surface area contributed by atoms with Crippen molar-refractivity contribution in [3.63, 3.8) is 0 Å². The first kappa shape index (κ1) is 18.1. The van der Waals surface area contributed by atoms with Gasteiger partial charge in [0.2, 0.25) is 5.89 Å². The topological polar surface area (TPSA) is 77.0 Å². The second-order valence-corrected chi connectivity index (χ2v) is 10.3. The zero-order valence-corrected chi connectivity index (χ0v) is 17.1. The van der Waals surface area contributed by atoms with Crippen LogP contribution in [0, 0.1) is 5.92 Å². The summed E-state index contributed by atoms with van der Waals surface area (Å²) in [6.45, 7) is 0.973. The molecule has 0 saturated heterocycles. The molecule has 3 N–H and O–H groups in total. The molecule has 1 heterocycles. The van der Waals surface area contributed by atoms with Gasteiger partial charge in [-0.2, -0.15) is 4.98 Å². The van der Waals surface area contributed by atoms with Crippen molar-refractivity contribution in [2.45, 2.75) is 86.6 Å². The normalized spacial score (nSPS) is 37.3. The smallest absolute Gasteiger partial charge is 0.232 e. The van der Waals surface area contributed by atoms with E-state index in [0.717, 1.165) is 37.5 Å². The Morgan fingerprint density at radius 1 is 1.10 bits per heavy atom. The third kappa shape index (κ3) is 3.14. The minimum atomic E-state index is 0.0986. The molecule has 0 amide bonds. The van der Waals surface area contributed by atoms with Gasteiger partial charge in [-0.25, -0.2) is 0 Å². The molecule has 2 bridgehead atoms. The van der Waals surface area contributed by atoms with Crippen LogP contribution in [0.25, 0.3) is 0 Å². The van der Waals surface area contributed by atoms with Gasteiger partial charge in [-0.05, 0) is 62.8 Å². The van der Waals surface area contributed by atoms with Gasteiger partial charge in [0, 0.05) is 30.0 Å². The lowest BCUT2D eigenvalue weighted by Crippen LogP contribution is -2.46. The summed E-state index contributed by atoms with van der Waals surface area (Å²) in [7, 11) is 0. The number of rotatable bonds is 6. The summed E-state index contributed by atoms with van der Waals surface area (Å²) in [5.41, 5.74) is 8.01. The summed E-state index contributed by atoms with van der Waals surface area (Å²) in [4.78, 5) is 5.02. The molecule has 5 heteroatoms. The molecule has 5 nitrogen and oxygen atoms in total. The van der Waals surface area contributed by atoms with Gasteiger partial charge < -0.3 is 15.6 Å². The highest BCUT2D eigenvalue weighted by molar-refractivity contribution is 5.28. The standard InChI is InChI=1S/C24H32N4O/c25-19-8-10-23(9-4-7-17(19)14-23)22-27-21(28-29-22)24(11-12-24)15-26-20-13-18(20)16-5-2-1-3-6-16/h1-3,5-6,17-20,26H,4,7-15,25H2/t17?,18-,19?,20+,23?/m0/s1. The van der Waals surface area contributed by atoms with E-state index in [2.05, 4.69) is 40.8 Å². The van der Waals surface area contributed by atoms with Gasteiger partial charge in [0.15, 0.2) is 5.82 Å². The Morgan fingerprint density at radius 3 is 2.79 bits per heavy atom. The molecule has 4 fully saturated rings. The van der Waals surface area contributed by atoms with Crippen LogP contribution in [-0.4, -0.2) is 28.8 Å². The van der Waals surface area contributed by atoms with Crippen molar-refractivity contribution in [3.05, 3.63) is 47.6 Å². The number of nitrogens with two attached hydrogens (primary N) is 1. The largest absolute Gasteiger partial charge is 0.339 e. The Labute approximate surface area is 172 Å². The van der Waals surface area contributed by atoms with E-state index in [1.807, 2.05) is 0 Å². The van der Waals surface area contributed by atoms with Crippen molar-refractivity contribution in [2.75, 3.05) is 6.54 Å². The first-order valence-electron chi connectivity index (χ1n) is 11.6. The van der Waals surface area contributed by atoms with Crippen LogP contribution in [0.15, 0.2) is 34.9 Å². The molecule has 154 valence electrons. The quantitative estimate of drug-likeness (QED) is 0.782. The number of nitrogens with zero attached hydrogens (tertiary/aromatic N) is 2. The maximum atomic E-state index is 6.36. The summed E-state index contributed by atoms with van der Waals surface area (Å²) in [6, 6.07) is 11.8. The van der Waals surface area contributed by atoms with Crippen LogP contribution in [0.1, 0.15) is 81.0 Å². The first-order chi connectivity index (χ1) is 14.2. The van der Waals surface area contributed by atoms with Crippen LogP contribution in [0.3, 0.4) is 0 Å². The molecule has 4 aliphatic rings. The molecule has 1 aromatic heterocycles. The fraction of sp³-hybridized carbons (Fsp3) is 0.667. The van der Waals surface area contributed by atoms with Gasteiger partial charge in [-0.3, -0.25) is 0 Å². The van der Waals surface area contributed by atoms with Crippen molar-refractivity contribution in [3.8, 4) is 0 Å². The summed E-state index contributed by atoms with van der Waals surface area (Å²) in [5.74, 6) is 3.15. The Kier molecular flexibility index (Phi) is 4.14. The molecule has 4 saturated carbocycles. The summed E-state index contributed by atoms with van der Waals surface area (Å²) in [6.07, 6.45) is 10.6. The van der Waals surface area contributed by atoms with Crippen molar-refractivity contribution in [1.82, 2.24) is 15.5 Å². The molecule has 4 aliphatic carbocycles. The molecule has 1 aromatic carbocycles. The van der Waals surface area contributed by atoms with Crippen LogP contribution in [-0.2, 0) is 10.8 Å². The predicted molar refractivity (Wildman–Crippen MR) is 112 cm³/mol. The van der Waals surface area contributed by atoms with Gasteiger partial charge in [-0.1, -0.05) is 41.9 Å². The molecule has 29 heavy (non-hydrogen) atoms. The summed E-state index contributed by atoms with van der Waals surface area (Å²) in [5, 5.41) is 8.31.